The first-order valence-corrected chi connectivity index (χ1v) is 8.47. The molecule has 0 saturated carbocycles. The average molecular weight is 431 g/mol. The maximum absolute atomic E-state index is 12.3. The van der Waals surface area contributed by atoms with E-state index in [1.807, 2.05) is 0 Å². The smallest absolute Gasteiger partial charge is 0.342 e. The van der Waals surface area contributed by atoms with Crippen LogP contribution in [0.25, 0.3) is 0 Å². The van der Waals surface area contributed by atoms with Crippen molar-refractivity contribution in [2.75, 3.05) is 33.3 Å². The van der Waals surface area contributed by atoms with Crippen LogP contribution in [-0.4, -0.2) is 44.8 Å². The van der Waals surface area contributed by atoms with Gasteiger partial charge in [0.2, 0.25) is 0 Å². The van der Waals surface area contributed by atoms with Gasteiger partial charge in [0.25, 0.3) is 5.91 Å². The van der Waals surface area contributed by atoms with Crippen molar-refractivity contribution in [3.63, 3.8) is 0 Å². The average Bonchev–Trinajstić information content (AvgIpc) is 3.02. The lowest BCUT2D eigenvalue weighted by atomic mass is 10.1. The van der Waals surface area contributed by atoms with E-state index in [0.29, 0.717) is 16.6 Å². The zero-order valence-corrected chi connectivity index (χ0v) is 16.0. The summed E-state index contributed by atoms with van der Waals surface area (Å²) in [6.45, 7) is -0.465. The molecule has 0 unspecified atom stereocenters. The van der Waals surface area contributed by atoms with Crippen LogP contribution in [0.2, 0.25) is 0 Å². The minimum atomic E-state index is -0.728. The van der Waals surface area contributed by atoms with Gasteiger partial charge in [-0.2, -0.15) is 0 Å². The monoisotopic (exact) mass is 430 g/mol. The molecule has 1 heterocycles. The summed E-state index contributed by atoms with van der Waals surface area (Å²) in [5, 5.41) is 2.92. The molecule has 0 aliphatic carbocycles. The van der Waals surface area contributed by atoms with E-state index in [2.05, 4.69) is 26.2 Å². The number of rotatable bonds is 7. The van der Waals surface area contributed by atoms with Gasteiger partial charge < -0.3 is 18.9 Å². The first-order valence-electron chi connectivity index (χ1n) is 6.86. The van der Waals surface area contributed by atoms with Crippen LogP contribution < -0.4 is 19.5 Å². The SMILES string of the molecule is COc1cc(OC)c(C(=O)OCC(=O)Nc2ncc(Br)s2)cc1OC. The zero-order valence-electron chi connectivity index (χ0n) is 13.6. The molecule has 0 saturated heterocycles. The Bertz CT molecular complexity index is 779. The second-order valence-electron chi connectivity index (χ2n) is 4.50. The van der Waals surface area contributed by atoms with E-state index in [0.717, 1.165) is 3.79 Å². The fourth-order valence-corrected chi connectivity index (χ4v) is 2.99. The lowest BCUT2D eigenvalue weighted by Crippen LogP contribution is -2.21. The maximum atomic E-state index is 12.3. The Morgan fingerprint density at radius 1 is 1.12 bits per heavy atom. The van der Waals surface area contributed by atoms with E-state index in [4.69, 9.17) is 18.9 Å². The number of thiazole rings is 1. The standard InChI is InChI=1S/C15H15BrN2O6S/c1-21-9-5-11(23-3)10(22-2)4-8(9)14(20)24-7-13(19)18-15-17-6-12(16)25-15/h4-6H,7H2,1-3H3,(H,17,18,19). The second kappa shape index (κ2) is 8.67. The summed E-state index contributed by atoms with van der Waals surface area (Å²) < 4.78 is 21.3. The third kappa shape index (κ3) is 4.83. The minimum Gasteiger partial charge on any atom is -0.496 e. The number of carbonyl (C=O) groups excluding carboxylic acids is 2. The van der Waals surface area contributed by atoms with E-state index in [-0.39, 0.29) is 11.3 Å². The maximum Gasteiger partial charge on any atom is 0.342 e. The second-order valence-corrected chi connectivity index (χ2v) is 6.91. The number of benzene rings is 1. The number of hydrogen-bond donors (Lipinski definition) is 1. The molecule has 0 bridgehead atoms. The third-order valence-electron chi connectivity index (χ3n) is 2.98. The molecule has 0 radical (unpaired) electrons. The van der Waals surface area contributed by atoms with E-state index >= 15 is 0 Å². The summed E-state index contributed by atoms with van der Waals surface area (Å²) in [6, 6.07) is 2.93. The third-order valence-corrected chi connectivity index (χ3v) is 4.38. The van der Waals surface area contributed by atoms with Crippen LogP contribution in [-0.2, 0) is 9.53 Å². The molecule has 1 aromatic carbocycles. The molecule has 0 spiro atoms. The number of halogens is 1. The number of ether oxygens (including phenoxy) is 4. The molecule has 2 rings (SSSR count). The van der Waals surface area contributed by atoms with Crippen molar-refractivity contribution in [3.05, 3.63) is 27.7 Å². The molecule has 1 amide bonds. The topological polar surface area (TPSA) is 96.0 Å². The summed E-state index contributed by atoms with van der Waals surface area (Å²) >= 11 is 4.48. The van der Waals surface area contributed by atoms with Crippen molar-refractivity contribution < 1.29 is 28.5 Å². The van der Waals surface area contributed by atoms with Crippen molar-refractivity contribution in [2.45, 2.75) is 0 Å². The summed E-state index contributed by atoms with van der Waals surface area (Å²) in [4.78, 5) is 28.0. The van der Waals surface area contributed by atoms with Crippen molar-refractivity contribution in [1.29, 1.82) is 0 Å². The van der Waals surface area contributed by atoms with E-state index in [9.17, 15) is 9.59 Å². The minimum absolute atomic E-state index is 0.116. The van der Waals surface area contributed by atoms with Gasteiger partial charge in [-0.1, -0.05) is 11.3 Å². The highest BCUT2D eigenvalue weighted by Gasteiger charge is 2.20. The van der Waals surface area contributed by atoms with Crippen molar-refractivity contribution >= 4 is 44.3 Å². The van der Waals surface area contributed by atoms with Crippen LogP contribution in [0.4, 0.5) is 5.13 Å². The molecule has 0 atom stereocenters. The van der Waals surface area contributed by atoms with Gasteiger partial charge in [-0.25, -0.2) is 9.78 Å². The molecular weight excluding hydrogens is 416 g/mol. The van der Waals surface area contributed by atoms with Gasteiger partial charge >= 0.3 is 5.97 Å². The Labute approximate surface area is 156 Å². The number of nitrogens with zero attached hydrogens (tertiary/aromatic N) is 1. The van der Waals surface area contributed by atoms with Crippen LogP contribution in [0.3, 0.4) is 0 Å². The van der Waals surface area contributed by atoms with Gasteiger partial charge in [0, 0.05) is 12.1 Å². The molecule has 8 nitrogen and oxygen atoms in total. The van der Waals surface area contributed by atoms with E-state index < -0.39 is 18.5 Å². The van der Waals surface area contributed by atoms with Crippen molar-refractivity contribution in [1.82, 2.24) is 4.98 Å². The van der Waals surface area contributed by atoms with Crippen LogP contribution in [0.5, 0.6) is 17.2 Å². The number of carbonyl (C=O) groups is 2. The highest BCUT2D eigenvalue weighted by Crippen LogP contribution is 2.34. The van der Waals surface area contributed by atoms with Gasteiger partial charge in [0.05, 0.1) is 31.3 Å². The Morgan fingerprint density at radius 3 is 2.32 bits per heavy atom. The van der Waals surface area contributed by atoms with Gasteiger partial charge in [-0.05, 0) is 15.9 Å². The van der Waals surface area contributed by atoms with E-state index in [1.54, 1.807) is 6.20 Å². The molecule has 10 heteroatoms. The fourth-order valence-electron chi connectivity index (χ4n) is 1.87. The summed E-state index contributed by atoms with van der Waals surface area (Å²) in [5.74, 6) is -0.245. The highest BCUT2D eigenvalue weighted by atomic mass is 79.9. The zero-order chi connectivity index (χ0) is 18.4. The number of hydrogen-bond acceptors (Lipinski definition) is 8. The molecule has 0 aliphatic heterocycles. The Morgan fingerprint density at radius 2 is 1.76 bits per heavy atom. The molecule has 1 aromatic heterocycles. The van der Waals surface area contributed by atoms with Crippen LogP contribution in [0.1, 0.15) is 10.4 Å². The lowest BCUT2D eigenvalue weighted by molar-refractivity contribution is -0.119. The first kappa shape index (κ1) is 19.0. The number of anilines is 1. The van der Waals surface area contributed by atoms with Gasteiger partial charge in [-0.15, -0.1) is 0 Å². The van der Waals surface area contributed by atoms with Gasteiger partial charge in [0.15, 0.2) is 23.2 Å². The van der Waals surface area contributed by atoms with Crippen LogP contribution in [0, 0.1) is 0 Å². The predicted octanol–water partition coefficient (Wildman–Crippen LogP) is 2.73. The summed E-state index contributed by atoms with van der Waals surface area (Å²) in [5.41, 5.74) is 0.116. The summed E-state index contributed by atoms with van der Waals surface area (Å²) in [7, 11) is 4.32. The molecule has 0 aliphatic rings. The number of methoxy groups -OCH3 is 3. The van der Waals surface area contributed by atoms with Gasteiger partial charge in [0.1, 0.15) is 11.3 Å². The largest absolute Gasteiger partial charge is 0.496 e. The van der Waals surface area contributed by atoms with Crippen molar-refractivity contribution in [3.8, 4) is 17.2 Å². The molecule has 0 fully saturated rings. The number of esters is 1. The molecule has 1 N–H and O–H groups in total. The van der Waals surface area contributed by atoms with E-state index in [1.165, 1.54) is 44.8 Å². The summed E-state index contributed by atoms with van der Waals surface area (Å²) in [6.07, 6.45) is 1.56. The number of amides is 1. The lowest BCUT2D eigenvalue weighted by Gasteiger charge is -2.13. The molecule has 134 valence electrons. The number of aromatic nitrogens is 1. The molecule has 25 heavy (non-hydrogen) atoms. The Hall–Kier alpha value is -2.33. The quantitative estimate of drug-likeness (QED) is 0.674. The normalized spacial score (nSPS) is 10.1. The van der Waals surface area contributed by atoms with Crippen molar-refractivity contribution in [2.24, 2.45) is 0 Å². The van der Waals surface area contributed by atoms with Gasteiger partial charge in [-0.3, -0.25) is 10.1 Å². The Balaban J connectivity index is 2.05. The predicted molar refractivity (Wildman–Crippen MR) is 94.8 cm³/mol. The molecule has 2 aromatic rings. The fraction of sp³-hybridized carbons (Fsp3) is 0.267. The van der Waals surface area contributed by atoms with Crippen LogP contribution >= 0.6 is 27.3 Å². The van der Waals surface area contributed by atoms with Crippen LogP contribution in [0.15, 0.2) is 22.1 Å². The number of nitrogens with one attached hydrogen (secondary N) is 1. The first-order chi connectivity index (χ1) is 12.0. The Kier molecular flexibility index (Phi) is 6.59. The molecular formula is C15H15BrN2O6S. The highest BCUT2D eigenvalue weighted by molar-refractivity contribution is 9.11.